The molecule has 0 radical (unpaired) electrons. The SMILES string of the molecule is COCCNC(N)=NCc1ccccc1-n1cccn1. The molecule has 0 saturated carbocycles. The molecule has 6 nitrogen and oxygen atoms in total. The fourth-order valence-corrected chi connectivity index (χ4v) is 1.79. The van der Waals surface area contributed by atoms with Crippen LogP contribution in [0.15, 0.2) is 47.7 Å². The monoisotopic (exact) mass is 273 g/mol. The van der Waals surface area contributed by atoms with E-state index < -0.39 is 0 Å². The molecule has 0 atom stereocenters. The van der Waals surface area contributed by atoms with Crippen molar-refractivity contribution < 1.29 is 4.74 Å². The van der Waals surface area contributed by atoms with Crippen LogP contribution in [-0.4, -0.2) is 36.0 Å². The lowest BCUT2D eigenvalue weighted by molar-refractivity contribution is 0.204. The predicted octanol–water partition coefficient (Wildman–Crippen LogP) is 0.923. The number of para-hydroxylation sites is 1. The Bertz CT molecular complexity index is 550. The van der Waals surface area contributed by atoms with E-state index in [1.807, 2.05) is 41.2 Å². The van der Waals surface area contributed by atoms with E-state index in [0.29, 0.717) is 25.7 Å². The first-order valence-electron chi connectivity index (χ1n) is 6.42. The molecule has 0 aliphatic carbocycles. The van der Waals surface area contributed by atoms with E-state index >= 15 is 0 Å². The van der Waals surface area contributed by atoms with E-state index in [1.54, 1.807) is 13.3 Å². The Labute approximate surface area is 118 Å². The van der Waals surface area contributed by atoms with Crippen molar-refractivity contribution in [3.8, 4) is 5.69 Å². The Balaban J connectivity index is 2.05. The fraction of sp³-hybridized carbons (Fsp3) is 0.286. The summed E-state index contributed by atoms with van der Waals surface area (Å²) in [6.07, 6.45) is 3.66. The van der Waals surface area contributed by atoms with Crippen LogP contribution in [0, 0.1) is 0 Å². The van der Waals surface area contributed by atoms with Crippen molar-refractivity contribution in [3.05, 3.63) is 48.3 Å². The van der Waals surface area contributed by atoms with Crippen LogP contribution in [0.5, 0.6) is 0 Å². The molecule has 2 rings (SSSR count). The number of hydrogen-bond acceptors (Lipinski definition) is 3. The quantitative estimate of drug-likeness (QED) is 0.466. The van der Waals surface area contributed by atoms with Gasteiger partial charge in [-0.3, -0.25) is 0 Å². The molecule has 0 unspecified atom stereocenters. The topological polar surface area (TPSA) is 77.5 Å². The normalized spacial score (nSPS) is 11.6. The Kier molecular flexibility index (Phi) is 5.14. The van der Waals surface area contributed by atoms with Gasteiger partial charge in [-0.25, -0.2) is 9.67 Å². The highest BCUT2D eigenvalue weighted by molar-refractivity contribution is 5.77. The average molecular weight is 273 g/mol. The first kappa shape index (κ1) is 14.1. The summed E-state index contributed by atoms with van der Waals surface area (Å²) in [7, 11) is 1.65. The zero-order valence-electron chi connectivity index (χ0n) is 11.5. The molecular formula is C14H19N5O. The highest BCUT2D eigenvalue weighted by atomic mass is 16.5. The number of aliphatic imine (C=N–C) groups is 1. The molecule has 0 saturated heterocycles. The minimum absolute atomic E-state index is 0.414. The molecule has 0 fully saturated rings. The molecule has 3 N–H and O–H groups in total. The van der Waals surface area contributed by atoms with E-state index in [-0.39, 0.29) is 0 Å². The van der Waals surface area contributed by atoms with Gasteiger partial charge in [0.05, 0.1) is 18.8 Å². The van der Waals surface area contributed by atoms with Gasteiger partial charge in [-0.05, 0) is 17.7 Å². The van der Waals surface area contributed by atoms with Gasteiger partial charge in [0, 0.05) is 26.0 Å². The van der Waals surface area contributed by atoms with Gasteiger partial charge in [0.15, 0.2) is 5.96 Å². The second-order valence-electron chi connectivity index (χ2n) is 4.20. The third kappa shape index (κ3) is 3.83. The van der Waals surface area contributed by atoms with E-state index in [0.717, 1.165) is 11.3 Å². The maximum atomic E-state index is 5.79. The van der Waals surface area contributed by atoms with Gasteiger partial charge in [-0.15, -0.1) is 0 Å². The predicted molar refractivity (Wildman–Crippen MR) is 78.8 cm³/mol. The first-order chi connectivity index (χ1) is 9.81. The minimum Gasteiger partial charge on any atom is -0.383 e. The molecule has 6 heteroatoms. The lowest BCUT2D eigenvalue weighted by Crippen LogP contribution is -2.34. The third-order valence-electron chi connectivity index (χ3n) is 2.77. The fourth-order valence-electron chi connectivity index (χ4n) is 1.79. The molecule has 0 spiro atoms. The molecule has 0 bridgehead atoms. The summed E-state index contributed by atoms with van der Waals surface area (Å²) in [5.41, 5.74) is 7.86. The summed E-state index contributed by atoms with van der Waals surface area (Å²) in [6.45, 7) is 1.74. The number of ether oxygens (including phenoxy) is 1. The van der Waals surface area contributed by atoms with Crippen molar-refractivity contribution in [1.29, 1.82) is 0 Å². The Morgan fingerprint density at radius 1 is 1.40 bits per heavy atom. The number of hydrogen-bond donors (Lipinski definition) is 2. The summed E-state index contributed by atoms with van der Waals surface area (Å²) in [5, 5.41) is 7.23. The highest BCUT2D eigenvalue weighted by Gasteiger charge is 2.03. The molecular weight excluding hydrogens is 254 g/mol. The third-order valence-corrected chi connectivity index (χ3v) is 2.77. The molecule has 1 aromatic carbocycles. The zero-order chi connectivity index (χ0) is 14.2. The van der Waals surface area contributed by atoms with E-state index in [9.17, 15) is 0 Å². The Morgan fingerprint density at radius 2 is 2.25 bits per heavy atom. The molecule has 1 aromatic heterocycles. The van der Waals surface area contributed by atoms with Crippen LogP contribution in [-0.2, 0) is 11.3 Å². The second-order valence-corrected chi connectivity index (χ2v) is 4.20. The maximum Gasteiger partial charge on any atom is 0.188 e. The van der Waals surface area contributed by atoms with E-state index in [4.69, 9.17) is 10.5 Å². The zero-order valence-corrected chi connectivity index (χ0v) is 11.5. The van der Waals surface area contributed by atoms with Crippen molar-refractivity contribution in [2.24, 2.45) is 10.7 Å². The number of guanidine groups is 1. The van der Waals surface area contributed by atoms with E-state index in [2.05, 4.69) is 15.4 Å². The lowest BCUT2D eigenvalue weighted by Gasteiger charge is -2.08. The van der Waals surface area contributed by atoms with Crippen molar-refractivity contribution in [2.75, 3.05) is 20.3 Å². The van der Waals surface area contributed by atoms with Crippen LogP contribution >= 0.6 is 0 Å². The summed E-state index contributed by atoms with van der Waals surface area (Å²) in [4.78, 5) is 4.32. The molecule has 0 amide bonds. The van der Waals surface area contributed by atoms with Gasteiger partial charge >= 0.3 is 0 Å². The van der Waals surface area contributed by atoms with Crippen LogP contribution in [0.3, 0.4) is 0 Å². The summed E-state index contributed by atoms with van der Waals surface area (Å²) in [5.74, 6) is 0.414. The lowest BCUT2D eigenvalue weighted by atomic mass is 10.2. The van der Waals surface area contributed by atoms with Gasteiger partial charge in [0.1, 0.15) is 0 Å². The van der Waals surface area contributed by atoms with Crippen LogP contribution < -0.4 is 11.1 Å². The number of aromatic nitrogens is 2. The second kappa shape index (κ2) is 7.30. The Morgan fingerprint density at radius 3 is 3.00 bits per heavy atom. The number of benzene rings is 1. The number of nitrogens with one attached hydrogen (secondary N) is 1. The van der Waals surface area contributed by atoms with Crippen LogP contribution in [0.2, 0.25) is 0 Å². The van der Waals surface area contributed by atoms with Crippen molar-refractivity contribution >= 4 is 5.96 Å². The Hall–Kier alpha value is -2.34. The van der Waals surface area contributed by atoms with Crippen molar-refractivity contribution in [1.82, 2.24) is 15.1 Å². The largest absolute Gasteiger partial charge is 0.383 e. The van der Waals surface area contributed by atoms with Crippen LogP contribution in [0.1, 0.15) is 5.56 Å². The van der Waals surface area contributed by atoms with Crippen LogP contribution in [0.25, 0.3) is 5.69 Å². The molecule has 2 aromatic rings. The molecule has 20 heavy (non-hydrogen) atoms. The highest BCUT2D eigenvalue weighted by Crippen LogP contribution is 2.14. The average Bonchev–Trinajstić information content (AvgIpc) is 3.00. The number of nitrogens with zero attached hydrogens (tertiary/aromatic N) is 3. The van der Waals surface area contributed by atoms with Gasteiger partial charge < -0.3 is 15.8 Å². The van der Waals surface area contributed by atoms with E-state index in [1.165, 1.54) is 0 Å². The van der Waals surface area contributed by atoms with Crippen LogP contribution in [0.4, 0.5) is 0 Å². The summed E-state index contributed by atoms with van der Waals surface area (Å²) in [6, 6.07) is 9.87. The molecule has 106 valence electrons. The van der Waals surface area contributed by atoms with Crippen molar-refractivity contribution in [3.63, 3.8) is 0 Å². The first-order valence-corrected chi connectivity index (χ1v) is 6.42. The van der Waals surface area contributed by atoms with Gasteiger partial charge in [0.25, 0.3) is 0 Å². The van der Waals surface area contributed by atoms with Crippen molar-refractivity contribution in [2.45, 2.75) is 6.54 Å². The van der Waals surface area contributed by atoms with Gasteiger partial charge in [0.2, 0.25) is 0 Å². The van der Waals surface area contributed by atoms with Gasteiger partial charge in [-0.2, -0.15) is 5.10 Å². The molecule has 0 aliphatic rings. The minimum atomic E-state index is 0.414. The smallest absolute Gasteiger partial charge is 0.188 e. The molecule has 1 heterocycles. The number of methoxy groups -OCH3 is 1. The standard InChI is InChI=1S/C14H19N5O/c1-20-10-8-16-14(15)17-11-12-5-2-3-6-13(12)19-9-4-7-18-19/h2-7,9H,8,10-11H2,1H3,(H3,15,16,17). The summed E-state index contributed by atoms with van der Waals surface area (Å²) < 4.78 is 6.76. The number of rotatable bonds is 6. The number of nitrogens with two attached hydrogens (primary N) is 1. The van der Waals surface area contributed by atoms with Gasteiger partial charge in [-0.1, -0.05) is 18.2 Å². The molecule has 0 aliphatic heterocycles. The maximum absolute atomic E-state index is 5.79. The summed E-state index contributed by atoms with van der Waals surface area (Å²) >= 11 is 0.